The lowest BCUT2D eigenvalue weighted by atomic mass is 10.0. The molecule has 2 N–H and O–H groups in total. The monoisotopic (exact) mass is 404 g/mol. The fourth-order valence-corrected chi connectivity index (χ4v) is 3.71. The summed E-state index contributed by atoms with van der Waals surface area (Å²) in [6.45, 7) is 2.01. The topological polar surface area (TPSA) is 90.7 Å². The zero-order valence-corrected chi connectivity index (χ0v) is 15.7. The van der Waals surface area contributed by atoms with Gasteiger partial charge in [0.05, 0.1) is 13.0 Å². The van der Waals surface area contributed by atoms with Crippen molar-refractivity contribution in [3.63, 3.8) is 0 Å². The normalized spacial score (nSPS) is 14.3. The zero-order chi connectivity index (χ0) is 20.8. The van der Waals surface area contributed by atoms with Crippen molar-refractivity contribution in [1.29, 1.82) is 5.41 Å². The van der Waals surface area contributed by atoms with Gasteiger partial charge >= 0.3 is 6.18 Å². The molecular weight excluding hydrogens is 385 g/mol. The first-order valence-corrected chi connectivity index (χ1v) is 9.13. The number of alkyl halides is 3. The van der Waals surface area contributed by atoms with Crippen molar-refractivity contribution in [3.8, 4) is 0 Å². The maximum absolute atomic E-state index is 12.9. The molecule has 1 aromatic carbocycles. The second kappa shape index (κ2) is 7.02. The molecule has 2 aromatic heterocycles. The van der Waals surface area contributed by atoms with Crippen LogP contribution in [-0.2, 0) is 30.5 Å². The van der Waals surface area contributed by atoms with Crippen LogP contribution in [0.2, 0.25) is 0 Å². The second-order valence-corrected chi connectivity index (χ2v) is 7.14. The van der Waals surface area contributed by atoms with Crippen LogP contribution >= 0.6 is 0 Å². The predicted molar refractivity (Wildman–Crippen MR) is 99.5 cm³/mol. The van der Waals surface area contributed by atoms with Crippen molar-refractivity contribution in [3.05, 3.63) is 47.2 Å². The summed E-state index contributed by atoms with van der Waals surface area (Å²) in [5.74, 6) is -1.23. The molecule has 152 valence electrons. The first-order valence-electron chi connectivity index (χ1n) is 9.13. The highest BCUT2D eigenvalue weighted by atomic mass is 19.4. The van der Waals surface area contributed by atoms with E-state index in [4.69, 9.17) is 5.41 Å². The van der Waals surface area contributed by atoms with Crippen LogP contribution in [0.25, 0.3) is 10.9 Å². The minimum absolute atomic E-state index is 0.0161. The van der Waals surface area contributed by atoms with Gasteiger partial charge in [0.15, 0.2) is 5.82 Å². The molecule has 3 aromatic rings. The van der Waals surface area contributed by atoms with Crippen LogP contribution in [0.15, 0.2) is 24.3 Å². The van der Waals surface area contributed by atoms with Gasteiger partial charge in [-0.3, -0.25) is 4.79 Å². The first-order chi connectivity index (χ1) is 13.7. The van der Waals surface area contributed by atoms with E-state index in [0.29, 0.717) is 6.42 Å². The fraction of sp³-hybridized carbons (Fsp3) is 0.368. The summed E-state index contributed by atoms with van der Waals surface area (Å²) in [6.07, 6.45) is -4.32. The lowest BCUT2D eigenvalue weighted by Gasteiger charge is -2.28. The average Bonchev–Trinajstić information content (AvgIpc) is 3.22. The van der Waals surface area contributed by atoms with Gasteiger partial charge in [0.1, 0.15) is 0 Å². The Morgan fingerprint density at radius 2 is 2.00 bits per heavy atom. The van der Waals surface area contributed by atoms with E-state index >= 15 is 0 Å². The first kappa shape index (κ1) is 19.2. The molecule has 0 bridgehead atoms. The molecule has 0 aliphatic carbocycles. The number of hydrogen-bond donors (Lipinski definition) is 2. The Kier molecular flexibility index (Phi) is 4.64. The number of carbonyl (C=O) groups is 1. The number of fused-ring (bicyclic) bond motifs is 2. The van der Waals surface area contributed by atoms with Crippen LogP contribution in [-0.4, -0.2) is 42.8 Å². The van der Waals surface area contributed by atoms with Gasteiger partial charge in [0, 0.05) is 41.8 Å². The highest BCUT2D eigenvalue weighted by molar-refractivity contribution is 6.02. The number of para-hydroxylation sites is 1. The molecule has 0 saturated heterocycles. The fourth-order valence-electron chi connectivity index (χ4n) is 3.71. The summed E-state index contributed by atoms with van der Waals surface area (Å²) in [4.78, 5) is 17.3. The van der Waals surface area contributed by atoms with Gasteiger partial charge in [-0.15, -0.1) is 10.2 Å². The van der Waals surface area contributed by atoms with Crippen molar-refractivity contribution >= 4 is 22.5 Å². The Hall–Kier alpha value is -3.17. The van der Waals surface area contributed by atoms with Crippen molar-refractivity contribution in [1.82, 2.24) is 24.6 Å². The number of hydrogen-bond acceptors (Lipinski definition) is 4. The van der Waals surface area contributed by atoms with Gasteiger partial charge in [-0.1, -0.05) is 18.2 Å². The Morgan fingerprint density at radius 1 is 1.24 bits per heavy atom. The second-order valence-electron chi connectivity index (χ2n) is 7.14. The van der Waals surface area contributed by atoms with Crippen molar-refractivity contribution in [2.45, 2.75) is 39.0 Å². The number of aromatic nitrogens is 4. The van der Waals surface area contributed by atoms with Gasteiger partial charge < -0.3 is 19.9 Å². The number of carbonyl (C=O) groups excluding carboxylic acids is 1. The van der Waals surface area contributed by atoms with Crippen molar-refractivity contribution in [2.75, 3.05) is 6.54 Å². The molecule has 1 aliphatic heterocycles. The van der Waals surface area contributed by atoms with Gasteiger partial charge in [-0.2, -0.15) is 13.2 Å². The molecular formula is C19H19F3N6O. The van der Waals surface area contributed by atoms with Crippen LogP contribution in [0, 0.1) is 12.3 Å². The number of nitrogens with zero attached hydrogens (tertiary/aromatic N) is 4. The number of amides is 1. The van der Waals surface area contributed by atoms with Crippen LogP contribution in [0.1, 0.15) is 29.3 Å². The summed E-state index contributed by atoms with van der Waals surface area (Å²) in [7, 11) is 0. The quantitative estimate of drug-likeness (QED) is 0.655. The van der Waals surface area contributed by atoms with E-state index in [9.17, 15) is 18.0 Å². The summed E-state index contributed by atoms with van der Waals surface area (Å²) in [5, 5.41) is 16.1. The summed E-state index contributed by atoms with van der Waals surface area (Å²) >= 11 is 0. The third-order valence-corrected chi connectivity index (χ3v) is 5.14. The third-order valence-electron chi connectivity index (χ3n) is 5.14. The van der Waals surface area contributed by atoms with E-state index in [1.807, 2.05) is 31.2 Å². The lowest BCUT2D eigenvalue weighted by molar-refractivity contribution is -0.148. The molecule has 7 nitrogen and oxygen atoms in total. The van der Waals surface area contributed by atoms with Crippen LogP contribution < -0.4 is 0 Å². The third kappa shape index (κ3) is 3.62. The average molecular weight is 404 g/mol. The Labute approximate surface area is 164 Å². The van der Waals surface area contributed by atoms with Crippen molar-refractivity contribution in [2.24, 2.45) is 0 Å². The van der Waals surface area contributed by atoms with E-state index < -0.39 is 12.0 Å². The van der Waals surface area contributed by atoms with Crippen LogP contribution in [0.5, 0.6) is 0 Å². The molecule has 10 heteroatoms. The van der Waals surface area contributed by atoms with E-state index in [1.54, 1.807) is 0 Å². The molecule has 0 radical (unpaired) electrons. The van der Waals surface area contributed by atoms with E-state index in [0.717, 1.165) is 26.7 Å². The minimum atomic E-state index is -4.57. The van der Waals surface area contributed by atoms with Gasteiger partial charge in [-0.05, 0) is 18.6 Å². The number of H-pyrrole nitrogens is 1. The summed E-state index contributed by atoms with van der Waals surface area (Å²) in [6, 6.07) is 7.78. The number of rotatable bonds is 4. The molecule has 29 heavy (non-hydrogen) atoms. The largest absolute Gasteiger partial charge is 0.451 e. The van der Waals surface area contributed by atoms with Crippen LogP contribution in [0.4, 0.5) is 13.2 Å². The summed E-state index contributed by atoms with van der Waals surface area (Å²) < 4.78 is 39.8. The molecule has 0 unspecified atom stereocenters. The molecule has 1 amide bonds. The smallest absolute Gasteiger partial charge is 0.358 e. The highest BCUT2D eigenvalue weighted by Crippen LogP contribution is 2.29. The Balaban J connectivity index is 1.43. The maximum Gasteiger partial charge on any atom is 0.451 e. The summed E-state index contributed by atoms with van der Waals surface area (Å²) in [5.41, 5.74) is 3.17. The van der Waals surface area contributed by atoms with E-state index in [1.165, 1.54) is 4.90 Å². The van der Waals surface area contributed by atoms with Gasteiger partial charge in [0.25, 0.3) is 0 Å². The molecule has 4 rings (SSSR count). The van der Waals surface area contributed by atoms with Gasteiger partial charge in [-0.25, -0.2) is 0 Å². The van der Waals surface area contributed by atoms with E-state index in [-0.39, 0.29) is 43.5 Å². The SMILES string of the molecule is Cc1[nH]c2ccccc2c1CC(=N)CC(=O)N1CCn2c(nnc2C(F)(F)F)C1. The zero-order valence-electron chi connectivity index (χ0n) is 15.7. The van der Waals surface area contributed by atoms with E-state index in [2.05, 4.69) is 15.2 Å². The molecule has 0 fully saturated rings. The standard InChI is InChI=1S/C19H19F3N6O/c1-11-14(13-4-2-3-5-15(13)24-11)8-12(23)9-17(29)27-6-7-28-16(10-27)25-26-18(28)19(20,21)22/h2-5,23-24H,6-10H2,1H3. The highest BCUT2D eigenvalue weighted by Gasteiger charge is 2.39. The molecule has 1 aliphatic rings. The lowest BCUT2D eigenvalue weighted by Crippen LogP contribution is -2.40. The predicted octanol–water partition coefficient (Wildman–Crippen LogP) is 3.08. The maximum atomic E-state index is 12.9. The Bertz CT molecular complexity index is 1100. The minimum Gasteiger partial charge on any atom is -0.358 e. The number of aryl methyl sites for hydroxylation is 1. The van der Waals surface area contributed by atoms with Crippen molar-refractivity contribution < 1.29 is 18.0 Å². The number of nitrogens with one attached hydrogen (secondary N) is 2. The Morgan fingerprint density at radius 3 is 2.76 bits per heavy atom. The van der Waals surface area contributed by atoms with Crippen LogP contribution in [0.3, 0.4) is 0 Å². The molecule has 3 heterocycles. The molecule has 0 spiro atoms. The number of benzene rings is 1. The van der Waals surface area contributed by atoms with Gasteiger partial charge in [0.2, 0.25) is 11.7 Å². The number of halogens is 3. The molecule has 0 saturated carbocycles. The number of aromatic amines is 1. The molecule has 0 atom stereocenters.